The van der Waals surface area contributed by atoms with Crippen molar-refractivity contribution in [3.63, 3.8) is 0 Å². The third-order valence-corrected chi connectivity index (χ3v) is 4.96. The Morgan fingerprint density at radius 1 is 1.15 bits per heavy atom. The molecule has 2 unspecified atom stereocenters. The third-order valence-electron chi connectivity index (χ3n) is 4.53. The number of aryl methyl sites for hydroxylation is 1. The van der Waals surface area contributed by atoms with Crippen LogP contribution in [0.25, 0.3) is 0 Å². The lowest BCUT2D eigenvalue weighted by molar-refractivity contribution is -0.0704. The van der Waals surface area contributed by atoms with Gasteiger partial charge in [0.05, 0.1) is 12.2 Å². The minimum absolute atomic E-state index is 0.119. The van der Waals surface area contributed by atoms with E-state index in [1.54, 1.807) is 6.07 Å². The average Bonchev–Trinajstić information content (AvgIpc) is 2.58. The average molecular weight is 373 g/mol. The number of hydrogen-bond acceptors (Lipinski definition) is 3. The summed E-state index contributed by atoms with van der Waals surface area (Å²) in [6.45, 7) is 8.87. The first kappa shape index (κ1) is 18.9. The maximum Gasteiger partial charge on any atom is 0.255 e. The number of anilines is 1. The molecule has 3 rings (SSSR count). The molecule has 1 N–H and O–H groups in total. The second-order valence-corrected chi connectivity index (χ2v) is 7.47. The third kappa shape index (κ3) is 4.85. The lowest BCUT2D eigenvalue weighted by Crippen LogP contribution is -2.44. The molecule has 2 atom stereocenters. The van der Waals surface area contributed by atoms with Gasteiger partial charge >= 0.3 is 0 Å². The van der Waals surface area contributed by atoms with Gasteiger partial charge in [-0.15, -0.1) is 0 Å². The smallest absolute Gasteiger partial charge is 0.255 e. The van der Waals surface area contributed by atoms with Crippen LogP contribution in [0, 0.1) is 6.92 Å². The number of rotatable bonds is 4. The van der Waals surface area contributed by atoms with Crippen molar-refractivity contribution in [2.24, 2.45) is 0 Å². The molecule has 26 heavy (non-hydrogen) atoms. The van der Waals surface area contributed by atoms with Gasteiger partial charge in [-0.2, -0.15) is 0 Å². The number of benzene rings is 2. The highest BCUT2D eigenvalue weighted by atomic mass is 35.5. The van der Waals surface area contributed by atoms with Crippen LogP contribution in [-0.2, 0) is 11.3 Å². The van der Waals surface area contributed by atoms with Crippen molar-refractivity contribution in [1.29, 1.82) is 0 Å². The number of halogens is 1. The van der Waals surface area contributed by atoms with E-state index >= 15 is 0 Å². The molecule has 1 fully saturated rings. The Morgan fingerprint density at radius 3 is 2.42 bits per heavy atom. The Balaban J connectivity index is 1.61. The van der Waals surface area contributed by atoms with Crippen molar-refractivity contribution >= 4 is 23.2 Å². The molecule has 1 heterocycles. The molecule has 5 heteroatoms. The molecule has 0 bridgehead atoms. The van der Waals surface area contributed by atoms with Crippen LogP contribution in [0.4, 0.5) is 5.69 Å². The summed E-state index contributed by atoms with van der Waals surface area (Å²) < 4.78 is 5.77. The molecule has 1 aliphatic rings. The maximum absolute atomic E-state index is 12.4. The predicted octanol–water partition coefficient (Wildman–Crippen LogP) is 4.51. The van der Waals surface area contributed by atoms with Gasteiger partial charge in [-0.3, -0.25) is 9.69 Å². The number of nitrogens with one attached hydrogen (secondary N) is 1. The number of morpholine rings is 1. The number of hydrogen-bond donors (Lipinski definition) is 1. The molecule has 0 spiro atoms. The lowest BCUT2D eigenvalue weighted by Gasteiger charge is -2.35. The monoisotopic (exact) mass is 372 g/mol. The highest BCUT2D eigenvalue weighted by Crippen LogP contribution is 2.20. The largest absolute Gasteiger partial charge is 0.373 e. The number of nitrogens with zero attached hydrogens (tertiary/aromatic N) is 1. The number of ether oxygens (including phenoxy) is 1. The van der Waals surface area contributed by atoms with Crippen molar-refractivity contribution < 1.29 is 9.53 Å². The second kappa shape index (κ2) is 8.21. The molecule has 2 aromatic rings. The predicted molar refractivity (Wildman–Crippen MR) is 106 cm³/mol. The van der Waals surface area contributed by atoms with Crippen LogP contribution in [0.5, 0.6) is 0 Å². The summed E-state index contributed by atoms with van der Waals surface area (Å²) in [4.78, 5) is 14.8. The molecule has 0 aromatic heterocycles. The Labute approximate surface area is 160 Å². The van der Waals surface area contributed by atoms with E-state index in [4.69, 9.17) is 16.3 Å². The fraction of sp³-hybridized carbons (Fsp3) is 0.381. The van der Waals surface area contributed by atoms with Gasteiger partial charge in [0.25, 0.3) is 5.91 Å². The van der Waals surface area contributed by atoms with E-state index in [1.165, 1.54) is 5.56 Å². The van der Waals surface area contributed by atoms with E-state index in [9.17, 15) is 4.79 Å². The van der Waals surface area contributed by atoms with Gasteiger partial charge in [-0.05, 0) is 62.2 Å². The SMILES string of the molecule is Cc1cc(NC(=O)c2ccc(CN3CC(C)OC(C)C3)cc2)ccc1Cl. The van der Waals surface area contributed by atoms with Crippen molar-refractivity contribution in [2.75, 3.05) is 18.4 Å². The first-order valence-corrected chi connectivity index (χ1v) is 9.33. The highest BCUT2D eigenvalue weighted by molar-refractivity contribution is 6.31. The standard InChI is InChI=1S/C21H25ClN2O2/c1-14-10-19(8-9-20(14)22)23-21(25)18-6-4-17(5-7-18)13-24-11-15(2)26-16(3)12-24/h4-10,15-16H,11-13H2,1-3H3,(H,23,25). The van der Waals surface area contributed by atoms with Crippen molar-refractivity contribution in [1.82, 2.24) is 4.90 Å². The van der Waals surface area contributed by atoms with Gasteiger partial charge in [-0.25, -0.2) is 0 Å². The minimum atomic E-state index is -0.119. The van der Waals surface area contributed by atoms with E-state index < -0.39 is 0 Å². The molecule has 0 radical (unpaired) electrons. The fourth-order valence-electron chi connectivity index (χ4n) is 3.36. The zero-order chi connectivity index (χ0) is 18.7. The van der Waals surface area contributed by atoms with Crippen LogP contribution in [0.15, 0.2) is 42.5 Å². The van der Waals surface area contributed by atoms with E-state index in [2.05, 4.69) is 24.1 Å². The van der Waals surface area contributed by atoms with Gasteiger partial charge in [-0.1, -0.05) is 23.7 Å². The topological polar surface area (TPSA) is 41.6 Å². The lowest BCUT2D eigenvalue weighted by atomic mass is 10.1. The molecular weight excluding hydrogens is 348 g/mol. The van der Waals surface area contributed by atoms with Crippen molar-refractivity contribution in [2.45, 2.75) is 39.5 Å². The van der Waals surface area contributed by atoms with E-state index in [1.807, 2.05) is 43.3 Å². The van der Waals surface area contributed by atoms with Crippen LogP contribution in [0.1, 0.15) is 35.3 Å². The summed E-state index contributed by atoms with van der Waals surface area (Å²) >= 11 is 6.03. The zero-order valence-electron chi connectivity index (χ0n) is 15.5. The Bertz CT molecular complexity index is 766. The summed E-state index contributed by atoms with van der Waals surface area (Å²) in [5, 5.41) is 3.61. The molecule has 0 aliphatic carbocycles. The van der Waals surface area contributed by atoms with Crippen molar-refractivity contribution in [3.8, 4) is 0 Å². The minimum Gasteiger partial charge on any atom is -0.373 e. The van der Waals surface area contributed by atoms with E-state index in [0.717, 1.165) is 30.9 Å². The zero-order valence-corrected chi connectivity index (χ0v) is 16.2. The Morgan fingerprint density at radius 2 is 1.81 bits per heavy atom. The van der Waals surface area contributed by atoms with Crippen LogP contribution in [-0.4, -0.2) is 36.1 Å². The van der Waals surface area contributed by atoms with E-state index in [0.29, 0.717) is 10.6 Å². The molecular formula is C21H25ClN2O2. The van der Waals surface area contributed by atoms with Crippen LogP contribution in [0.2, 0.25) is 5.02 Å². The summed E-state index contributed by atoms with van der Waals surface area (Å²) in [7, 11) is 0. The first-order chi connectivity index (χ1) is 12.4. The molecule has 1 saturated heterocycles. The van der Waals surface area contributed by atoms with Gasteiger partial charge in [0.2, 0.25) is 0 Å². The molecule has 0 saturated carbocycles. The van der Waals surface area contributed by atoms with Crippen molar-refractivity contribution in [3.05, 3.63) is 64.2 Å². The van der Waals surface area contributed by atoms with Crippen LogP contribution >= 0.6 is 11.6 Å². The number of carbonyl (C=O) groups excluding carboxylic acids is 1. The second-order valence-electron chi connectivity index (χ2n) is 7.07. The Kier molecular flexibility index (Phi) is 5.97. The summed E-state index contributed by atoms with van der Waals surface area (Å²) in [5.74, 6) is -0.119. The number of carbonyl (C=O) groups is 1. The summed E-state index contributed by atoms with van der Waals surface area (Å²) in [6, 6.07) is 13.3. The van der Waals surface area contributed by atoms with Gasteiger partial charge in [0.15, 0.2) is 0 Å². The normalized spacial score (nSPS) is 20.8. The van der Waals surface area contributed by atoms with E-state index in [-0.39, 0.29) is 18.1 Å². The van der Waals surface area contributed by atoms with Crippen LogP contribution in [0.3, 0.4) is 0 Å². The quantitative estimate of drug-likeness (QED) is 0.858. The molecule has 1 aliphatic heterocycles. The summed E-state index contributed by atoms with van der Waals surface area (Å²) in [5.41, 5.74) is 3.53. The number of amides is 1. The fourth-order valence-corrected chi connectivity index (χ4v) is 3.48. The molecule has 4 nitrogen and oxygen atoms in total. The van der Waals surface area contributed by atoms with Crippen LogP contribution < -0.4 is 5.32 Å². The first-order valence-electron chi connectivity index (χ1n) is 8.95. The van der Waals surface area contributed by atoms with Gasteiger partial charge < -0.3 is 10.1 Å². The molecule has 1 amide bonds. The summed E-state index contributed by atoms with van der Waals surface area (Å²) in [6.07, 6.45) is 0.512. The highest BCUT2D eigenvalue weighted by Gasteiger charge is 2.22. The van der Waals surface area contributed by atoms with Gasteiger partial charge in [0.1, 0.15) is 0 Å². The molecule has 2 aromatic carbocycles. The maximum atomic E-state index is 12.4. The Hall–Kier alpha value is -1.88. The molecule has 138 valence electrons. The van der Waals surface area contributed by atoms with Gasteiger partial charge in [0, 0.05) is 35.9 Å².